The van der Waals surface area contributed by atoms with E-state index in [2.05, 4.69) is 31.2 Å². The van der Waals surface area contributed by atoms with Gasteiger partial charge in [0.15, 0.2) is 0 Å². The van der Waals surface area contributed by atoms with Gasteiger partial charge in [0.25, 0.3) is 0 Å². The molecule has 96 valence electrons. The minimum atomic E-state index is 0.250. The number of pyridine rings is 1. The molecule has 0 fully saturated rings. The van der Waals surface area contributed by atoms with Gasteiger partial charge < -0.3 is 5.73 Å². The van der Waals surface area contributed by atoms with Gasteiger partial charge in [-0.3, -0.25) is 9.78 Å². The Morgan fingerprint density at radius 2 is 1.37 bits per heavy atom. The third-order valence-electron chi connectivity index (χ3n) is 1.76. The van der Waals surface area contributed by atoms with Gasteiger partial charge in [-0.05, 0) is 24.3 Å². The van der Waals surface area contributed by atoms with E-state index in [9.17, 15) is 0 Å². The minimum Gasteiger partial charge on any atom is -0.372 e. The number of carbonyl (C=O) groups is 1. The number of nitrogens with zero attached hydrogens (tertiary/aromatic N) is 5. The maximum absolute atomic E-state index is 8.58. The molecule has 1 amide bonds. The fourth-order valence-electron chi connectivity index (χ4n) is 1.05. The van der Waals surface area contributed by atoms with Crippen molar-refractivity contribution >= 4 is 6.41 Å². The average Bonchev–Trinajstić information content (AvgIpc) is 3.15. The zero-order valence-electron chi connectivity index (χ0n) is 10.00. The van der Waals surface area contributed by atoms with E-state index in [4.69, 9.17) is 4.79 Å². The van der Waals surface area contributed by atoms with Crippen molar-refractivity contribution in [1.82, 2.24) is 4.98 Å². The molecule has 0 atom stereocenters. The maximum Gasteiger partial charge on any atom is 0.204 e. The molecular weight excluding hydrogens is 244 g/mol. The third kappa shape index (κ3) is 5.78. The Morgan fingerprint density at radius 1 is 0.895 bits per heavy atom. The molecule has 3 rings (SSSR count). The van der Waals surface area contributed by atoms with Gasteiger partial charge in [0.2, 0.25) is 6.41 Å². The molecular formula is C12H12N6O. The first-order valence-electron chi connectivity index (χ1n) is 5.28. The number of azo groups is 2. The van der Waals surface area contributed by atoms with Crippen LogP contribution in [-0.2, 0) is 4.79 Å². The van der Waals surface area contributed by atoms with Crippen molar-refractivity contribution in [2.24, 2.45) is 26.2 Å². The molecule has 2 aliphatic heterocycles. The molecule has 0 spiro atoms. The number of amides is 1. The highest BCUT2D eigenvalue weighted by Gasteiger charge is 2.04. The Balaban J connectivity index is 0.000000172. The van der Waals surface area contributed by atoms with Gasteiger partial charge in [0.1, 0.15) is 11.4 Å². The van der Waals surface area contributed by atoms with Gasteiger partial charge in [-0.15, -0.1) is 10.2 Å². The monoisotopic (exact) mass is 256 g/mol. The molecule has 0 unspecified atom stereocenters. The molecule has 7 heteroatoms. The lowest BCUT2D eigenvalue weighted by Gasteiger charge is -1.85. The molecule has 0 bridgehead atoms. The number of hydrogen-bond donors (Lipinski definition) is 1. The van der Waals surface area contributed by atoms with Gasteiger partial charge in [0.05, 0.1) is 12.4 Å². The van der Waals surface area contributed by atoms with Gasteiger partial charge in [-0.2, -0.15) is 10.2 Å². The molecule has 0 radical (unpaired) electrons. The van der Waals surface area contributed by atoms with E-state index in [1.54, 1.807) is 36.9 Å². The van der Waals surface area contributed by atoms with Gasteiger partial charge in [-0.25, -0.2) is 0 Å². The van der Waals surface area contributed by atoms with E-state index in [0.29, 0.717) is 0 Å². The van der Waals surface area contributed by atoms with E-state index < -0.39 is 0 Å². The number of aromatic nitrogens is 1. The molecule has 2 N–H and O–H groups in total. The summed E-state index contributed by atoms with van der Waals surface area (Å²) >= 11 is 0. The first-order chi connectivity index (χ1) is 9.38. The topological polar surface area (TPSA) is 105 Å². The number of nitrogens with two attached hydrogens (primary N) is 1. The molecule has 1 aromatic heterocycles. The summed E-state index contributed by atoms with van der Waals surface area (Å²) in [5.74, 6) is 0. The van der Waals surface area contributed by atoms with Crippen LogP contribution in [0, 0.1) is 0 Å². The lowest BCUT2D eigenvalue weighted by atomic mass is 10.3. The van der Waals surface area contributed by atoms with Gasteiger partial charge in [0, 0.05) is 12.4 Å². The molecule has 0 aliphatic carbocycles. The SMILES string of the molecule is C1=CC(=C2C=CN=N2)N=N1.NC=O.c1ccncc1. The summed E-state index contributed by atoms with van der Waals surface area (Å²) in [4.78, 5) is 12.4. The number of allylic oxidation sites excluding steroid dienone is 2. The Kier molecular flexibility index (Phi) is 6.76. The van der Waals surface area contributed by atoms with Crippen molar-refractivity contribution in [2.45, 2.75) is 0 Å². The molecule has 0 aromatic carbocycles. The summed E-state index contributed by atoms with van der Waals surface area (Å²) in [6.07, 6.45) is 10.6. The first kappa shape index (κ1) is 14.1. The number of hydrogen-bond acceptors (Lipinski definition) is 6. The van der Waals surface area contributed by atoms with Crippen LogP contribution in [0.5, 0.6) is 0 Å². The third-order valence-corrected chi connectivity index (χ3v) is 1.76. The second kappa shape index (κ2) is 9.11. The van der Waals surface area contributed by atoms with Crippen molar-refractivity contribution in [3.05, 3.63) is 66.5 Å². The molecule has 2 aliphatic rings. The Labute approximate surface area is 110 Å². The van der Waals surface area contributed by atoms with Crippen LogP contribution in [-0.4, -0.2) is 11.4 Å². The molecule has 0 saturated heterocycles. The lowest BCUT2D eigenvalue weighted by molar-refractivity contribution is -0.106. The van der Waals surface area contributed by atoms with E-state index >= 15 is 0 Å². The average molecular weight is 256 g/mol. The highest BCUT2D eigenvalue weighted by molar-refractivity contribution is 5.42. The van der Waals surface area contributed by atoms with E-state index in [1.165, 1.54) is 0 Å². The standard InChI is InChI=1S/C6H4N4.C5H5N.CH3NO/c1-3-7-9-5(1)6-2-4-8-10-6;1-2-4-6-5-3-1;2-1-3/h1-4H;1-5H;1H,(H2,2,3). The predicted molar refractivity (Wildman–Crippen MR) is 69.5 cm³/mol. The van der Waals surface area contributed by atoms with Crippen molar-refractivity contribution in [2.75, 3.05) is 0 Å². The maximum atomic E-state index is 8.58. The van der Waals surface area contributed by atoms with E-state index in [0.717, 1.165) is 11.4 Å². The molecule has 7 nitrogen and oxygen atoms in total. The van der Waals surface area contributed by atoms with Crippen molar-refractivity contribution in [3.63, 3.8) is 0 Å². The first-order valence-corrected chi connectivity index (χ1v) is 5.28. The number of primary amides is 1. The van der Waals surface area contributed by atoms with Crippen LogP contribution in [0.1, 0.15) is 0 Å². The largest absolute Gasteiger partial charge is 0.372 e. The zero-order chi connectivity index (χ0) is 13.8. The highest BCUT2D eigenvalue weighted by atomic mass is 16.1. The Morgan fingerprint density at radius 3 is 1.58 bits per heavy atom. The fourth-order valence-corrected chi connectivity index (χ4v) is 1.05. The summed E-state index contributed by atoms with van der Waals surface area (Å²) in [5, 5.41) is 14.9. The van der Waals surface area contributed by atoms with Crippen LogP contribution < -0.4 is 5.73 Å². The van der Waals surface area contributed by atoms with Crippen LogP contribution in [0.2, 0.25) is 0 Å². The van der Waals surface area contributed by atoms with Crippen LogP contribution in [0.4, 0.5) is 0 Å². The molecule has 19 heavy (non-hydrogen) atoms. The van der Waals surface area contributed by atoms with Crippen LogP contribution >= 0.6 is 0 Å². The van der Waals surface area contributed by atoms with E-state index in [-0.39, 0.29) is 6.41 Å². The lowest BCUT2D eigenvalue weighted by Crippen LogP contribution is -1.82. The summed E-state index contributed by atoms with van der Waals surface area (Å²) in [5.41, 5.74) is 5.72. The van der Waals surface area contributed by atoms with Crippen LogP contribution in [0.15, 0.2) is 87.0 Å². The number of rotatable bonds is 0. The molecule has 1 aromatic rings. The summed E-state index contributed by atoms with van der Waals surface area (Å²) < 4.78 is 0. The second-order valence-electron chi connectivity index (χ2n) is 2.99. The summed E-state index contributed by atoms with van der Waals surface area (Å²) in [7, 11) is 0. The predicted octanol–water partition coefficient (Wildman–Crippen LogP) is 2.34. The molecule has 0 saturated carbocycles. The van der Waals surface area contributed by atoms with Crippen molar-refractivity contribution in [1.29, 1.82) is 0 Å². The Hall–Kier alpha value is -2.96. The van der Waals surface area contributed by atoms with Gasteiger partial charge >= 0.3 is 0 Å². The molecule has 3 heterocycles. The van der Waals surface area contributed by atoms with Crippen LogP contribution in [0.25, 0.3) is 0 Å². The van der Waals surface area contributed by atoms with Gasteiger partial charge in [-0.1, -0.05) is 6.07 Å². The fraction of sp³-hybridized carbons (Fsp3) is 0. The van der Waals surface area contributed by atoms with E-state index in [1.807, 2.05) is 18.2 Å². The Bertz CT molecular complexity index is 446. The second-order valence-corrected chi connectivity index (χ2v) is 2.99. The zero-order valence-corrected chi connectivity index (χ0v) is 10.00. The smallest absolute Gasteiger partial charge is 0.204 e. The number of carbonyl (C=O) groups excluding carboxylic acids is 1. The van der Waals surface area contributed by atoms with Crippen molar-refractivity contribution in [3.8, 4) is 0 Å². The normalized spacial score (nSPS) is 17.5. The van der Waals surface area contributed by atoms with Crippen LogP contribution in [0.3, 0.4) is 0 Å². The summed E-state index contributed by atoms with van der Waals surface area (Å²) in [6.45, 7) is 0. The quantitative estimate of drug-likeness (QED) is 0.719. The van der Waals surface area contributed by atoms with Crippen molar-refractivity contribution < 1.29 is 4.79 Å². The minimum absolute atomic E-state index is 0.250. The highest BCUT2D eigenvalue weighted by Crippen LogP contribution is 2.19. The summed E-state index contributed by atoms with van der Waals surface area (Å²) in [6, 6.07) is 5.72.